The van der Waals surface area contributed by atoms with Crippen LogP contribution in [0, 0.1) is 6.92 Å². The number of rotatable bonds is 5. The van der Waals surface area contributed by atoms with Gasteiger partial charge in [0.05, 0.1) is 5.75 Å². The van der Waals surface area contributed by atoms with E-state index in [1.54, 1.807) is 0 Å². The normalized spacial score (nSPS) is 11.9. The molecule has 102 valence electrons. The van der Waals surface area contributed by atoms with Gasteiger partial charge in [0, 0.05) is 30.9 Å². The van der Waals surface area contributed by atoms with Crippen molar-refractivity contribution in [1.29, 1.82) is 0 Å². The fraction of sp³-hybridized carbons (Fsp3) is 0.357. The van der Waals surface area contributed by atoms with Crippen molar-refractivity contribution < 1.29 is 17.5 Å². The first kappa shape index (κ1) is 14.0. The molecular weight excluding hydrogens is 262 g/mol. The highest BCUT2D eigenvalue weighted by atomic mass is 32.2. The highest BCUT2D eigenvalue weighted by molar-refractivity contribution is 7.85. The predicted molar refractivity (Wildman–Crippen MR) is 74.5 cm³/mol. The lowest BCUT2D eigenvalue weighted by atomic mass is 10.2. The van der Waals surface area contributed by atoms with Gasteiger partial charge in [-0.15, -0.1) is 0 Å². The van der Waals surface area contributed by atoms with E-state index in [4.69, 9.17) is 4.55 Å². The number of para-hydroxylation sites is 1. The summed E-state index contributed by atoms with van der Waals surface area (Å²) in [7, 11) is -3.84. The Bertz CT molecular complexity index is 680. The lowest BCUT2D eigenvalue weighted by Crippen LogP contribution is -2.38. The zero-order chi connectivity index (χ0) is 13.9. The smallest absolute Gasteiger partial charge is 0.264 e. The summed E-state index contributed by atoms with van der Waals surface area (Å²) < 4.78 is 32.2. The Morgan fingerprint density at radius 3 is 2.58 bits per heavy atom. The summed E-state index contributed by atoms with van der Waals surface area (Å²) in [6.45, 7) is 2.79. The fourth-order valence-electron chi connectivity index (χ4n) is 2.22. The van der Waals surface area contributed by atoms with Crippen LogP contribution >= 0.6 is 0 Å². The minimum absolute atomic E-state index is 0.169. The molecule has 0 saturated carbocycles. The van der Waals surface area contributed by atoms with Crippen LogP contribution in [0.1, 0.15) is 18.5 Å². The monoisotopic (exact) mass is 280 g/mol. The minimum Gasteiger partial charge on any atom is -0.286 e. The summed E-state index contributed by atoms with van der Waals surface area (Å²) in [5.41, 5.74) is 2.29. The van der Waals surface area contributed by atoms with E-state index >= 15 is 0 Å². The van der Waals surface area contributed by atoms with Gasteiger partial charge in [-0.3, -0.25) is 4.55 Å². The standard InChI is InChI=1S/C14H17NO3S/c1-12-8-9-13-6-2-3-7-14(13)15(12)10-4-5-11-19(16,17)18/h2-3,6-9H,4-5,10-11H2,1H3/p+1. The molecule has 0 radical (unpaired) electrons. The summed E-state index contributed by atoms with van der Waals surface area (Å²) in [5, 5.41) is 1.17. The van der Waals surface area contributed by atoms with Gasteiger partial charge < -0.3 is 0 Å². The van der Waals surface area contributed by atoms with Crippen LogP contribution < -0.4 is 4.57 Å². The van der Waals surface area contributed by atoms with Crippen molar-refractivity contribution in [1.82, 2.24) is 0 Å². The van der Waals surface area contributed by atoms with Crippen LogP contribution in [-0.4, -0.2) is 18.7 Å². The number of unbranched alkanes of at least 4 members (excludes halogenated alkanes) is 1. The molecule has 5 heteroatoms. The van der Waals surface area contributed by atoms with E-state index in [1.807, 2.05) is 19.1 Å². The van der Waals surface area contributed by atoms with E-state index in [9.17, 15) is 8.42 Å². The molecule has 0 aliphatic heterocycles. The maximum absolute atomic E-state index is 10.7. The zero-order valence-electron chi connectivity index (χ0n) is 10.9. The van der Waals surface area contributed by atoms with Crippen LogP contribution in [0.25, 0.3) is 10.9 Å². The Morgan fingerprint density at radius 1 is 1.11 bits per heavy atom. The number of fused-ring (bicyclic) bond motifs is 1. The number of aromatic nitrogens is 1. The molecule has 0 aliphatic rings. The molecule has 0 amide bonds. The topological polar surface area (TPSA) is 58.2 Å². The second kappa shape index (κ2) is 5.67. The van der Waals surface area contributed by atoms with Gasteiger partial charge in [-0.05, 0) is 18.6 Å². The first-order valence-electron chi connectivity index (χ1n) is 6.31. The summed E-state index contributed by atoms with van der Waals surface area (Å²) in [6.07, 6.45) is 1.19. The molecule has 0 atom stereocenters. The summed E-state index contributed by atoms with van der Waals surface area (Å²) >= 11 is 0. The van der Waals surface area contributed by atoms with E-state index in [0.29, 0.717) is 6.42 Å². The van der Waals surface area contributed by atoms with Crippen LogP contribution in [0.5, 0.6) is 0 Å². The van der Waals surface area contributed by atoms with E-state index in [2.05, 4.69) is 28.8 Å². The zero-order valence-corrected chi connectivity index (χ0v) is 11.7. The van der Waals surface area contributed by atoms with Crippen molar-refractivity contribution in [3.8, 4) is 0 Å². The van der Waals surface area contributed by atoms with Crippen LogP contribution in [0.3, 0.4) is 0 Å². The third-order valence-electron chi connectivity index (χ3n) is 3.19. The van der Waals surface area contributed by atoms with Crippen LogP contribution in [0.15, 0.2) is 36.4 Å². The average Bonchev–Trinajstić information content (AvgIpc) is 2.35. The van der Waals surface area contributed by atoms with Crippen molar-refractivity contribution in [2.24, 2.45) is 0 Å². The second-order valence-electron chi connectivity index (χ2n) is 4.68. The third-order valence-corrected chi connectivity index (χ3v) is 4.00. The summed E-state index contributed by atoms with van der Waals surface area (Å²) in [6, 6.07) is 12.3. The second-order valence-corrected chi connectivity index (χ2v) is 6.25. The SMILES string of the molecule is Cc1ccc2ccccc2[n+]1CCCCS(=O)(=O)O. The van der Waals surface area contributed by atoms with Crippen molar-refractivity contribution in [3.63, 3.8) is 0 Å². The van der Waals surface area contributed by atoms with E-state index in [1.165, 1.54) is 5.39 Å². The van der Waals surface area contributed by atoms with E-state index in [-0.39, 0.29) is 5.75 Å². The highest BCUT2D eigenvalue weighted by Gasteiger charge is 2.12. The van der Waals surface area contributed by atoms with Gasteiger partial charge in [0.15, 0.2) is 5.69 Å². The van der Waals surface area contributed by atoms with Gasteiger partial charge in [0.25, 0.3) is 10.1 Å². The number of aryl methyl sites for hydroxylation is 2. The average molecular weight is 280 g/mol. The molecule has 0 fully saturated rings. The van der Waals surface area contributed by atoms with Crippen molar-refractivity contribution in [2.75, 3.05) is 5.75 Å². The molecule has 1 N–H and O–H groups in total. The highest BCUT2D eigenvalue weighted by Crippen LogP contribution is 2.10. The molecule has 0 saturated heterocycles. The fourth-order valence-corrected chi connectivity index (χ4v) is 2.78. The summed E-state index contributed by atoms with van der Waals surface area (Å²) in [4.78, 5) is 0. The minimum atomic E-state index is -3.84. The lowest BCUT2D eigenvalue weighted by Gasteiger charge is -2.04. The molecule has 1 aromatic heterocycles. The van der Waals surface area contributed by atoms with E-state index < -0.39 is 10.1 Å². The Labute approximate surface area is 113 Å². The molecule has 2 aromatic rings. The van der Waals surface area contributed by atoms with E-state index in [0.717, 1.165) is 24.2 Å². The molecule has 0 unspecified atom stereocenters. The number of benzene rings is 1. The van der Waals surface area contributed by atoms with Gasteiger partial charge in [0.2, 0.25) is 5.52 Å². The number of pyridine rings is 1. The maximum atomic E-state index is 10.7. The van der Waals surface area contributed by atoms with Gasteiger partial charge >= 0.3 is 0 Å². The van der Waals surface area contributed by atoms with Crippen molar-refractivity contribution >= 4 is 21.0 Å². The van der Waals surface area contributed by atoms with Crippen molar-refractivity contribution in [2.45, 2.75) is 26.3 Å². The molecule has 0 aliphatic carbocycles. The Kier molecular flexibility index (Phi) is 4.17. The molecule has 19 heavy (non-hydrogen) atoms. The lowest BCUT2D eigenvalue weighted by molar-refractivity contribution is -0.677. The van der Waals surface area contributed by atoms with Crippen LogP contribution in [0.2, 0.25) is 0 Å². The van der Waals surface area contributed by atoms with Crippen molar-refractivity contribution in [3.05, 3.63) is 42.1 Å². The molecular formula is C14H18NO3S+. The Morgan fingerprint density at radius 2 is 1.84 bits per heavy atom. The van der Waals surface area contributed by atoms with Gasteiger partial charge in [0.1, 0.15) is 6.54 Å². The number of hydrogen-bond donors (Lipinski definition) is 1. The van der Waals surface area contributed by atoms with Crippen LogP contribution in [-0.2, 0) is 16.7 Å². The van der Waals surface area contributed by atoms with Gasteiger partial charge in [-0.1, -0.05) is 12.1 Å². The number of hydrogen-bond acceptors (Lipinski definition) is 2. The molecule has 1 heterocycles. The third kappa shape index (κ3) is 3.75. The van der Waals surface area contributed by atoms with Gasteiger partial charge in [-0.2, -0.15) is 13.0 Å². The molecule has 0 bridgehead atoms. The molecule has 1 aromatic carbocycles. The molecule has 0 spiro atoms. The Hall–Kier alpha value is -1.46. The van der Waals surface area contributed by atoms with Gasteiger partial charge in [-0.25, -0.2) is 0 Å². The quantitative estimate of drug-likeness (QED) is 0.518. The molecule has 4 nitrogen and oxygen atoms in total. The summed E-state index contributed by atoms with van der Waals surface area (Å²) in [5.74, 6) is -0.169. The largest absolute Gasteiger partial charge is 0.286 e. The molecule has 2 rings (SSSR count). The first-order valence-corrected chi connectivity index (χ1v) is 7.92. The Balaban J connectivity index is 2.14. The predicted octanol–water partition coefficient (Wildman–Crippen LogP) is 2.10. The first-order chi connectivity index (χ1) is 8.97. The number of nitrogens with zero attached hydrogens (tertiary/aromatic N) is 1. The maximum Gasteiger partial charge on any atom is 0.264 e. The van der Waals surface area contributed by atoms with Crippen LogP contribution in [0.4, 0.5) is 0 Å².